The van der Waals surface area contributed by atoms with Gasteiger partial charge in [0.25, 0.3) is 12.0 Å². The van der Waals surface area contributed by atoms with Crippen LogP contribution in [0.15, 0.2) is 9.59 Å². The SMILES string of the molecule is Cc1c(CN2CCNC2=O)sc2c1c(=O)n(CC(F)F)c(=O)n2CCCF. The molecule has 1 saturated heterocycles. The van der Waals surface area contributed by atoms with E-state index in [-0.39, 0.29) is 30.9 Å². The van der Waals surface area contributed by atoms with Crippen molar-refractivity contribution in [1.29, 1.82) is 0 Å². The Balaban J connectivity index is 2.18. The van der Waals surface area contributed by atoms with Gasteiger partial charge in [0.15, 0.2) is 0 Å². The fourth-order valence-electron chi connectivity index (χ4n) is 3.14. The second-order valence-corrected chi connectivity index (χ2v) is 7.35. The van der Waals surface area contributed by atoms with Crippen molar-refractivity contribution in [2.45, 2.75) is 39.4 Å². The molecule has 1 N–H and O–H groups in total. The van der Waals surface area contributed by atoms with Crippen molar-refractivity contribution in [1.82, 2.24) is 19.4 Å². The first-order chi connectivity index (χ1) is 12.8. The fraction of sp³-hybridized carbons (Fsp3) is 0.562. The Morgan fingerprint density at radius 3 is 2.56 bits per heavy atom. The number of hydrogen-bond donors (Lipinski definition) is 1. The molecule has 1 fully saturated rings. The van der Waals surface area contributed by atoms with Gasteiger partial charge < -0.3 is 10.2 Å². The van der Waals surface area contributed by atoms with E-state index >= 15 is 0 Å². The number of nitrogens with one attached hydrogen (secondary N) is 1. The van der Waals surface area contributed by atoms with Crippen molar-refractivity contribution >= 4 is 27.6 Å². The average molecular weight is 404 g/mol. The molecule has 0 radical (unpaired) electrons. The predicted molar refractivity (Wildman–Crippen MR) is 95.5 cm³/mol. The molecule has 0 aromatic carbocycles. The maximum Gasteiger partial charge on any atom is 0.332 e. The number of thiophene rings is 1. The maximum atomic E-state index is 12.9. The second-order valence-electron chi connectivity index (χ2n) is 6.27. The average Bonchev–Trinajstić information content (AvgIpc) is 3.16. The molecule has 1 aliphatic rings. The van der Waals surface area contributed by atoms with E-state index in [2.05, 4.69) is 5.32 Å². The maximum absolute atomic E-state index is 12.9. The highest BCUT2D eigenvalue weighted by Gasteiger charge is 2.25. The smallest absolute Gasteiger partial charge is 0.332 e. The van der Waals surface area contributed by atoms with Gasteiger partial charge in [0.2, 0.25) is 0 Å². The van der Waals surface area contributed by atoms with Crippen LogP contribution in [0.5, 0.6) is 0 Å². The number of urea groups is 1. The third-order valence-electron chi connectivity index (χ3n) is 4.51. The van der Waals surface area contributed by atoms with E-state index in [1.165, 1.54) is 4.57 Å². The van der Waals surface area contributed by atoms with Crippen LogP contribution in [0.2, 0.25) is 0 Å². The number of hydrogen-bond acceptors (Lipinski definition) is 4. The minimum atomic E-state index is -2.87. The molecule has 148 valence electrons. The van der Waals surface area contributed by atoms with Gasteiger partial charge in [0.1, 0.15) is 4.83 Å². The van der Waals surface area contributed by atoms with Crippen molar-refractivity contribution in [3.63, 3.8) is 0 Å². The third kappa shape index (κ3) is 3.60. The summed E-state index contributed by atoms with van der Waals surface area (Å²) in [5.41, 5.74) is -1.10. The van der Waals surface area contributed by atoms with E-state index in [9.17, 15) is 27.6 Å². The lowest BCUT2D eigenvalue weighted by Gasteiger charge is -2.12. The van der Waals surface area contributed by atoms with Gasteiger partial charge in [-0.05, 0) is 18.9 Å². The summed E-state index contributed by atoms with van der Waals surface area (Å²) in [6.45, 7) is 1.25. The minimum Gasteiger partial charge on any atom is -0.336 e. The summed E-state index contributed by atoms with van der Waals surface area (Å²) < 4.78 is 40.1. The second kappa shape index (κ2) is 7.75. The van der Waals surface area contributed by atoms with Crippen LogP contribution in [-0.4, -0.2) is 46.3 Å². The molecule has 3 heterocycles. The zero-order valence-electron chi connectivity index (χ0n) is 14.6. The molecule has 1 aliphatic heterocycles. The highest BCUT2D eigenvalue weighted by molar-refractivity contribution is 7.18. The number of aryl methyl sites for hydroxylation is 2. The molecule has 3 rings (SSSR count). The molecule has 27 heavy (non-hydrogen) atoms. The number of amides is 2. The minimum absolute atomic E-state index is 0.0149. The summed E-state index contributed by atoms with van der Waals surface area (Å²) in [7, 11) is 0. The van der Waals surface area contributed by atoms with Crippen LogP contribution in [0.4, 0.5) is 18.0 Å². The number of carbonyl (C=O) groups excluding carboxylic acids is 1. The fourth-order valence-corrected chi connectivity index (χ4v) is 4.47. The number of nitrogens with zero attached hydrogens (tertiary/aromatic N) is 3. The van der Waals surface area contributed by atoms with E-state index < -0.39 is 30.9 Å². The monoisotopic (exact) mass is 404 g/mol. The highest BCUT2D eigenvalue weighted by atomic mass is 32.1. The summed E-state index contributed by atoms with van der Waals surface area (Å²) >= 11 is 1.16. The van der Waals surface area contributed by atoms with Crippen LogP contribution in [0.25, 0.3) is 10.2 Å². The Hall–Kier alpha value is -2.30. The number of carbonyl (C=O) groups is 1. The molecule has 0 unspecified atom stereocenters. The normalized spacial score (nSPS) is 14.6. The molecular formula is C16H19F3N4O3S. The molecule has 2 aromatic rings. The number of halogens is 3. The van der Waals surface area contributed by atoms with Crippen molar-refractivity contribution in [3.8, 4) is 0 Å². The lowest BCUT2D eigenvalue weighted by Crippen LogP contribution is -2.41. The van der Waals surface area contributed by atoms with Gasteiger partial charge in [-0.25, -0.2) is 18.4 Å². The van der Waals surface area contributed by atoms with Crippen LogP contribution < -0.4 is 16.6 Å². The van der Waals surface area contributed by atoms with Crippen LogP contribution in [0.3, 0.4) is 0 Å². The first kappa shape index (κ1) is 19.5. The standard InChI is InChI=1S/C16H19F3N4O3S/c1-9-10(7-21-6-4-20-15(21)25)27-14-12(9)13(24)23(8-11(18)19)16(26)22(14)5-2-3-17/h11H,2-8H2,1H3,(H,20,25). The molecular weight excluding hydrogens is 385 g/mol. The molecule has 11 heteroatoms. The summed E-state index contributed by atoms with van der Waals surface area (Å²) in [5.74, 6) is 0. The van der Waals surface area contributed by atoms with Crippen molar-refractivity contribution in [2.75, 3.05) is 19.8 Å². The first-order valence-electron chi connectivity index (χ1n) is 8.47. The van der Waals surface area contributed by atoms with Crippen molar-refractivity contribution < 1.29 is 18.0 Å². The zero-order valence-corrected chi connectivity index (χ0v) is 15.5. The summed E-state index contributed by atoms with van der Waals surface area (Å²) in [5, 5.41) is 2.85. The Kier molecular flexibility index (Phi) is 5.59. The molecule has 0 saturated carbocycles. The van der Waals surface area contributed by atoms with Crippen LogP contribution in [0, 0.1) is 6.92 Å². The summed E-state index contributed by atoms with van der Waals surface area (Å²) in [4.78, 5) is 39.6. The Morgan fingerprint density at radius 1 is 1.22 bits per heavy atom. The summed E-state index contributed by atoms with van der Waals surface area (Å²) in [6, 6.07) is -0.225. The number of aromatic nitrogens is 2. The quantitative estimate of drug-likeness (QED) is 0.763. The number of alkyl halides is 3. The van der Waals surface area contributed by atoms with E-state index in [4.69, 9.17) is 0 Å². The largest absolute Gasteiger partial charge is 0.336 e. The van der Waals surface area contributed by atoms with Gasteiger partial charge in [-0.2, -0.15) is 0 Å². The molecule has 2 amide bonds. The first-order valence-corrected chi connectivity index (χ1v) is 9.29. The summed E-state index contributed by atoms with van der Waals surface area (Å²) in [6.07, 6.45) is -2.84. The topological polar surface area (TPSA) is 76.3 Å². The molecule has 0 aliphatic carbocycles. The van der Waals surface area contributed by atoms with Gasteiger partial charge in [0, 0.05) is 24.5 Å². The van der Waals surface area contributed by atoms with Gasteiger partial charge in [-0.15, -0.1) is 11.3 Å². The van der Waals surface area contributed by atoms with Gasteiger partial charge in [-0.1, -0.05) is 0 Å². The number of rotatable bonds is 7. The molecule has 0 bridgehead atoms. The Bertz CT molecular complexity index is 982. The van der Waals surface area contributed by atoms with Gasteiger partial charge in [0.05, 0.1) is 25.2 Å². The third-order valence-corrected chi connectivity index (χ3v) is 5.81. The van der Waals surface area contributed by atoms with Crippen LogP contribution >= 0.6 is 11.3 Å². The predicted octanol–water partition coefficient (Wildman–Crippen LogP) is 1.68. The van der Waals surface area contributed by atoms with E-state index in [1.807, 2.05) is 0 Å². The molecule has 0 spiro atoms. The van der Waals surface area contributed by atoms with E-state index in [1.54, 1.807) is 11.8 Å². The van der Waals surface area contributed by atoms with Crippen molar-refractivity contribution in [2.24, 2.45) is 0 Å². The lowest BCUT2D eigenvalue weighted by molar-refractivity contribution is 0.123. The van der Waals surface area contributed by atoms with Gasteiger partial charge in [-0.3, -0.25) is 18.3 Å². The molecule has 2 aromatic heterocycles. The van der Waals surface area contributed by atoms with E-state index in [0.29, 0.717) is 32.9 Å². The number of fused-ring (bicyclic) bond motifs is 1. The molecule has 0 atom stereocenters. The Labute approximate surface area is 156 Å². The Morgan fingerprint density at radius 2 is 1.96 bits per heavy atom. The van der Waals surface area contributed by atoms with Crippen LogP contribution in [0.1, 0.15) is 16.9 Å². The van der Waals surface area contributed by atoms with Gasteiger partial charge >= 0.3 is 11.7 Å². The van der Waals surface area contributed by atoms with Crippen molar-refractivity contribution in [3.05, 3.63) is 31.3 Å². The molecule has 7 nitrogen and oxygen atoms in total. The van der Waals surface area contributed by atoms with E-state index in [0.717, 1.165) is 11.3 Å². The lowest BCUT2D eigenvalue weighted by atomic mass is 10.2. The van der Waals surface area contributed by atoms with Crippen LogP contribution in [-0.2, 0) is 19.6 Å². The zero-order chi connectivity index (χ0) is 19.7. The highest BCUT2D eigenvalue weighted by Crippen LogP contribution is 2.29.